The molecule has 0 aliphatic carbocycles. The smallest absolute Gasteiger partial charge is 0.408 e. The number of carboxylic acid groups (broad SMARTS) is 1. The van der Waals surface area contributed by atoms with Crippen molar-refractivity contribution >= 4 is 18.0 Å². The minimum Gasteiger partial charge on any atom is -0.480 e. The van der Waals surface area contributed by atoms with Crippen LogP contribution in [-0.4, -0.2) is 41.3 Å². The molecule has 0 spiro atoms. The minimum absolute atomic E-state index is 0.0309. The van der Waals surface area contributed by atoms with Gasteiger partial charge in [0.15, 0.2) is 0 Å². The summed E-state index contributed by atoms with van der Waals surface area (Å²) in [5.74, 6) is -0.999. The molecule has 0 aromatic heterocycles. The second-order valence-corrected chi connectivity index (χ2v) is 10.1. The molecule has 0 rings (SSSR count). The Kier molecular flexibility index (Phi) is 17.6. The Bertz CT molecular complexity index is 531. The SMILES string of the molecule is CCCCCCCC(CCCCCCC)C(=O)NCCCC(NC(=O)OC(C)(C)C)C(=O)O. The quantitative estimate of drug-likeness (QED) is 0.195. The molecule has 0 heterocycles. The van der Waals surface area contributed by atoms with Crippen LogP contribution in [0.2, 0.25) is 0 Å². The van der Waals surface area contributed by atoms with Crippen LogP contribution >= 0.6 is 0 Å². The summed E-state index contributed by atoms with van der Waals surface area (Å²) in [6, 6.07) is -1.04. The monoisotopic (exact) mass is 470 g/mol. The van der Waals surface area contributed by atoms with Crippen molar-refractivity contribution in [2.24, 2.45) is 5.92 Å². The van der Waals surface area contributed by atoms with E-state index < -0.39 is 23.7 Å². The lowest BCUT2D eigenvalue weighted by molar-refractivity contribution is -0.139. The molecule has 0 aliphatic rings. The van der Waals surface area contributed by atoms with Gasteiger partial charge >= 0.3 is 12.1 Å². The third-order valence-corrected chi connectivity index (χ3v) is 5.64. The van der Waals surface area contributed by atoms with Crippen molar-refractivity contribution in [2.45, 2.75) is 136 Å². The van der Waals surface area contributed by atoms with E-state index in [1.54, 1.807) is 20.8 Å². The van der Waals surface area contributed by atoms with E-state index >= 15 is 0 Å². The van der Waals surface area contributed by atoms with Crippen molar-refractivity contribution < 1.29 is 24.2 Å². The molecule has 0 fully saturated rings. The summed E-state index contributed by atoms with van der Waals surface area (Å²) in [6.07, 6.45) is 13.6. The van der Waals surface area contributed by atoms with Crippen molar-refractivity contribution in [1.82, 2.24) is 10.6 Å². The number of carboxylic acids is 1. The van der Waals surface area contributed by atoms with Crippen LogP contribution in [-0.2, 0) is 14.3 Å². The number of carbonyl (C=O) groups is 3. The molecule has 0 radical (unpaired) electrons. The lowest BCUT2D eigenvalue weighted by atomic mass is 9.93. The minimum atomic E-state index is -1.11. The first-order valence-electron chi connectivity index (χ1n) is 13.1. The molecule has 7 heteroatoms. The Morgan fingerprint density at radius 2 is 1.30 bits per heavy atom. The highest BCUT2D eigenvalue weighted by Gasteiger charge is 2.24. The van der Waals surface area contributed by atoms with Crippen molar-refractivity contribution in [1.29, 1.82) is 0 Å². The Hall–Kier alpha value is -1.79. The average molecular weight is 471 g/mol. The summed E-state index contributed by atoms with van der Waals surface area (Å²) >= 11 is 0. The summed E-state index contributed by atoms with van der Waals surface area (Å²) < 4.78 is 5.14. The Balaban J connectivity index is 4.48. The summed E-state index contributed by atoms with van der Waals surface area (Å²) in [6.45, 7) is 9.97. The Labute approximate surface area is 201 Å². The largest absolute Gasteiger partial charge is 0.480 e. The van der Waals surface area contributed by atoms with Gasteiger partial charge in [0.05, 0.1) is 0 Å². The Morgan fingerprint density at radius 3 is 1.76 bits per heavy atom. The van der Waals surface area contributed by atoms with Crippen molar-refractivity contribution in [3.8, 4) is 0 Å². The predicted octanol–water partition coefficient (Wildman–Crippen LogP) is 6.20. The van der Waals surface area contributed by atoms with Gasteiger partial charge in [-0.1, -0.05) is 78.1 Å². The van der Waals surface area contributed by atoms with Crippen LogP contribution < -0.4 is 10.6 Å². The van der Waals surface area contributed by atoms with E-state index in [1.165, 1.54) is 51.4 Å². The van der Waals surface area contributed by atoms with E-state index in [0.717, 1.165) is 25.7 Å². The summed E-state index contributed by atoms with van der Waals surface area (Å²) in [7, 11) is 0. The Morgan fingerprint density at radius 1 is 0.788 bits per heavy atom. The standard InChI is InChI=1S/C26H50N2O5/c1-6-8-10-12-14-17-21(18-15-13-11-9-7-2)23(29)27-20-16-19-22(24(30)31)28-25(32)33-26(3,4)5/h21-22H,6-20H2,1-5H3,(H,27,29)(H,28,32)(H,30,31). The third kappa shape index (κ3) is 18.3. The number of nitrogens with one attached hydrogen (secondary N) is 2. The van der Waals surface area contributed by atoms with Crippen LogP contribution in [0.1, 0.15) is 125 Å². The summed E-state index contributed by atoms with van der Waals surface area (Å²) in [5, 5.41) is 14.8. The van der Waals surface area contributed by atoms with Gasteiger partial charge in [-0.25, -0.2) is 9.59 Å². The normalized spacial score (nSPS) is 12.4. The number of amides is 2. The van der Waals surface area contributed by atoms with Gasteiger partial charge in [-0.3, -0.25) is 4.79 Å². The van der Waals surface area contributed by atoms with Crippen LogP contribution in [0.15, 0.2) is 0 Å². The van der Waals surface area contributed by atoms with Crippen molar-refractivity contribution in [3.63, 3.8) is 0 Å². The fraction of sp³-hybridized carbons (Fsp3) is 0.885. The predicted molar refractivity (Wildman–Crippen MR) is 133 cm³/mol. The molecule has 1 atom stereocenters. The molecule has 0 aliphatic heterocycles. The first kappa shape index (κ1) is 31.2. The highest BCUT2D eigenvalue weighted by atomic mass is 16.6. The number of hydrogen-bond donors (Lipinski definition) is 3. The lowest BCUT2D eigenvalue weighted by Crippen LogP contribution is -2.43. The van der Waals surface area contributed by atoms with E-state index in [4.69, 9.17) is 4.74 Å². The fourth-order valence-electron chi connectivity index (χ4n) is 3.76. The van der Waals surface area contributed by atoms with E-state index in [9.17, 15) is 19.5 Å². The van der Waals surface area contributed by atoms with Gasteiger partial charge in [0.25, 0.3) is 0 Å². The zero-order valence-electron chi connectivity index (χ0n) is 21.8. The average Bonchev–Trinajstić information content (AvgIpc) is 2.72. The third-order valence-electron chi connectivity index (χ3n) is 5.64. The van der Waals surface area contributed by atoms with Crippen molar-refractivity contribution in [2.75, 3.05) is 6.54 Å². The summed E-state index contributed by atoms with van der Waals surface area (Å²) in [4.78, 5) is 36.1. The second-order valence-electron chi connectivity index (χ2n) is 10.1. The number of ether oxygens (including phenoxy) is 1. The number of alkyl carbamates (subject to hydrolysis) is 1. The summed E-state index contributed by atoms with van der Waals surface area (Å²) in [5.41, 5.74) is -0.691. The van der Waals surface area contributed by atoms with Gasteiger partial charge < -0.3 is 20.5 Å². The molecular weight excluding hydrogens is 420 g/mol. The number of carbonyl (C=O) groups excluding carboxylic acids is 2. The molecule has 7 nitrogen and oxygen atoms in total. The van der Waals surface area contributed by atoms with Gasteiger partial charge in [-0.05, 0) is 46.5 Å². The van der Waals surface area contributed by atoms with Gasteiger partial charge in [0.2, 0.25) is 5.91 Å². The molecule has 3 N–H and O–H groups in total. The maximum atomic E-state index is 12.8. The zero-order chi connectivity index (χ0) is 25.1. The van der Waals surface area contributed by atoms with E-state index in [-0.39, 0.29) is 18.2 Å². The first-order chi connectivity index (χ1) is 15.6. The molecule has 1 unspecified atom stereocenters. The molecule has 0 saturated heterocycles. The van der Waals surface area contributed by atoms with Crippen LogP contribution in [0.3, 0.4) is 0 Å². The topological polar surface area (TPSA) is 105 Å². The molecule has 194 valence electrons. The number of aliphatic carboxylic acids is 1. The molecule has 0 bridgehead atoms. The second kappa shape index (κ2) is 18.6. The van der Waals surface area contributed by atoms with E-state index in [2.05, 4.69) is 24.5 Å². The highest BCUT2D eigenvalue weighted by Crippen LogP contribution is 2.19. The number of hydrogen-bond acceptors (Lipinski definition) is 4. The molecule has 33 heavy (non-hydrogen) atoms. The lowest BCUT2D eigenvalue weighted by Gasteiger charge is -2.22. The zero-order valence-corrected chi connectivity index (χ0v) is 21.8. The van der Waals surface area contributed by atoms with Gasteiger partial charge in [-0.15, -0.1) is 0 Å². The van der Waals surface area contributed by atoms with Crippen molar-refractivity contribution in [3.05, 3.63) is 0 Å². The molecular formula is C26H50N2O5. The van der Waals surface area contributed by atoms with Crippen LogP contribution in [0.25, 0.3) is 0 Å². The molecule has 0 saturated carbocycles. The maximum Gasteiger partial charge on any atom is 0.408 e. The first-order valence-corrected chi connectivity index (χ1v) is 13.1. The fourth-order valence-corrected chi connectivity index (χ4v) is 3.76. The maximum absolute atomic E-state index is 12.8. The van der Waals surface area contributed by atoms with Gasteiger partial charge in [0.1, 0.15) is 11.6 Å². The van der Waals surface area contributed by atoms with E-state index in [0.29, 0.717) is 13.0 Å². The highest BCUT2D eigenvalue weighted by molar-refractivity contribution is 5.80. The van der Waals surface area contributed by atoms with Gasteiger partial charge in [0, 0.05) is 12.5 Å². The van der Waals surface area contributed by atoms with Crippen LogP contribution in [0.4, 0.5) is 4.79 Å². The number of rotatable bonds is 19. The van der Waals surface area contributed by atoms with Crippen LogP contribution in [0, 0.1) is 5.92 Å². The molecule has 0 aromatic carbocycles. The number of unbranched alkanes of at least 4 members (excludes halogenated alkanes) is 8. The molecule has 2 amide bonds. The van der Waals surface area contributed by atoms with Gasteiger partial charge in [-0.2, -0.15) is 0 Å². The van der Waals surface area contributed by atoms with Crippen LogP contribution in [0.5, 0.6) is 0 Å². The van der Waals surface area contributed by atoms with E-state index in [1.807, 2.05) is 0 Å². The molecule has 0 aromatic rings.